The minimum atomic E-state index is 0.717. The van der Waals surface area contributed by atoms with E-state index in [0.717, 1.165) is 36.5 Å². The fourth-order valence-corrected chi connectivity index (χ4v) is 2.29. The van der Waals surface area contributed by atoms with E-state index in [4.69, 9.17) is 17.0 Å². The minimum absolute atomic E-state index is 0.717. The number of unbranched alkanes of at least 4 members (excludes halogenated alkanes) is 1. The van der Waals surface area contributed by atoms with Gasteiger partial charge in [-0.05, 0) is 43.3 Å². The van der Waals surface area contributed by atoms with E-state index in [0.29, 0.717) is 0 Å². The Morgan fingerprint density at radius 1 is 1.33 bits per heavy atom. The number of fused-ring (bicyclic) bond motifs is 1. The van der Waals surface area contributed by atoms with Crippen LogP contribution in [0, 0.1) is 11.7 Å². The fraction of sp³-hybridized carbons (Fsp3) is 0.500. The molecule has 1 heterocycles. The summed E-state index contributed by atoms with van der Waals surface area (Å²) in [6.07, 6.45) is 2.30. The first-order valence-electron chi connectivity index (χ1n) is 6.49. The number of nitrogens with zero attached hydrogens (tertiary/aromatic N) is 1. The molecule has 0 aliphatic heterocycles. The van der Waals surface area contributed by atoms with Gasteiger partial charge in [0, 0.05) is 13.2 Å². The molecule has 3 nitrogen and oxygen atoms in total. The van der Waals surface area contributed by atoms with Gasteiger partial charge >= 0.3 is 0 Å². The van der Waals surface area contributed by atoms with Crippen molar-refractivity contribution in [3.05, 3.63) is 28.5 Å². The monoisotopic (exact) mass is 264 g/mol. The molecule has 0 fully saturated rings. The van der Waals surface area contributed by atoms with Crippen LogP contribution in [0.15, 0.2) is 18.2 Å². The molecule has 0 amide bonds. The largest absolute Gasteiger partial charge is 0.380 e. The van der Waals surface area contributed by atoms with Gasteiger partial charge in [0.15, 0.2) is 4.77 Å². The summed E-state index contributed by atoms with van der Waals surface area (Å²) in [6.45, 7) is 6.63. The van der Waals surface area contributed by atoms with Crippen LogP contribution in [0.25, 0.3) is 11.0 Å². The van der Waals surface area contributed by atoms with Crippen molar-refractivity contribution in [1.29, 1.82) is 0 Å². The lowest BCUT2D eigenvalue weighted by Gasteiger charge is -2.06. The lowest BCUT2D eigenvalue weighted by molar-refractivity contribution is 0.124. The summed E-state index contributed by atoms with van der Waals surface area (Å²) in [5.41, 5.74) is 3.51. The Morgan fingerprint density at radius 2 is 2.17 bits per heavy atom. The van der Waals surface area contributed by atoms with Crippen LogP contribution in [0.3, 0.4) is 0 Å². The number of imidazole rings is 1. The number of aromatic nitrogens is 2. The Morgan fingerprint density at radius 3 is 2.94 bits per heavy atom. The molecule has 0 aliphatic carbocycles. The number of aromatic amines is 1. The zero-order valence-electron chi connectivity index (χ0n) is 11.0. The van der Waals surface area contributed by atoms with Crippen molar-refractivity contribution in [2.24, 2.45) is 0 Å². The summed E-state index contributed by atoms with van der Waals surface area (Å²) in [4.78, 5) is 3.23. The zero-order chi connectivity index (χ0) is 13.0. The van der Waals surface area contributed by atoms with Crippen LogP contribution in [0.4, 0.5) is 0 Å². The van der Waals surface area contributed by atoms with E-state index >= 15 is 0 Å². The predicted molar refractivity (Wildman–Crippen MR) is 77.6 cm³/mol. The van der Waals surface area contributed by atoms with Gasteiger partial charge in [0.2, 0.25) is 0 Å². The van der Waals surface area contributed by atoms with Gasteiger partial charge in [0.05, 0.1) is 17.6 Å². The zero-order valence-corrected chi connectivity index (χ0v) is 11.8. The second-order valence-electron chi connectivity index (χ2n) is 4.57. The van der Waals surface area contributed by atoms with Crippen molar-refractivity contribution >= 4 is 23.3 Å². The Kier molecular flexibility index (Phi) is 4.55. The number of benzene rings is 1. The first-order chi connectivity index (χ1) is 8.72. The summed E-state index contributed by atoms with van der Waals surface area (Å²) in [5.74, 6) is 0. The van der Waals surface area contributed by atoms with Crippen molar-refractivity contribution in [2.45, 2.75) is 33.2 Å². The maximum atomic E-state index is 5.60. The summed E-state index contributed by atoms with van der Waals surface area (Å²) < 4.78 is 8.49. The molecule has 0 saturated carbocycles. The molecule has 0 spiro atoms. The molecule has 1 aromatic heterocycles. The molecule has 2 rings (SSSR count). The van der Waals surface area contributed by atoms with Crippen molar-refractivity contribution in [2.75, 3.05) is 13.2 Å². The van der Waals surface area contributed by atoms with E-state index in [1.807, 2.05) is 0 Å². The smallest absolute Gasteiger partial charge is 0.178 e. The van der Waals surface area contributed by atoms with Crippen LogP contribution < -0.4 is 0 Å². The third-order valence-electron chi connectivity index (χ3n) is 3.03. The highest BCUT2D eigenvalue weighted by Gasteiger charge is 2.04. The van der Waals surface area contributed by atoms with Gasteiger partial charge in [-0.3, -0.25) is 0 Å². The minimum Gasteiger partial charge on any atom is -0.380 e. The van der Waals surface area contributed by atoms with Gasteiger partial charge in [-0.1, -0.05) is 19.4 Å². The number of hydrogen-bond donors (Lipinski definition) is 1. The van der Waals surface area contributed by atoms with Gasteiger partial charge in [-0.25, -0.2) is 0 Å². The average Bonchev–Trinajstić information content (AvgIpc) is 2.65. The maximum Gasteiger partial charge on any atom is 0.178 e. The normalized spacial score (nSPS) is 11.2. The van der Waals surface area contributed by atoms with Crippen LogP contribution in [-0.2, 0) is 11.3 Å². The molecule has 18 heavy (non-hydrogen) atoms. The Bertz CT molecular complexity index is 571. The van der Waals surface area contributed by atoms with Crippen molar-refractivity contribution in [1.82, 2.24) is 9.55 Å². The van der Waals surface area contributed by atoms with E-state index in [1.54, 1.807) is 0 Å². The molecule has 0 unspecified atom stereocenters. The van der Waals surface area contributed by atoms with Gasteiger partial charge in [-0.15, -0.1) is 0 Å². The van der Waals surface area contributed by atoms with E-state index < -0.39 is 0 Å². The molecule has 1 N–H and O–H groups in total. The maximum absolute atomic E-state index is 5.60. The average molecular weight is 264 g/mol. The molecule has 0 bridgehead atoms. The molecule has 4 heteroatoms. The quantitative estimate of drug-likeness (QED) is 0.635. The molecule has 0 radical (unpaired) electrons. The second-order valence-corrected chi connectivity index (χ2v) is 4.96. The fourth-order valence-electron chi connectivity index (χ4n) is 1.99. The summed E-state index contributed by atoms with van der Waals surface area (Å²) in [7, 11) is 0. The standard InChI is InChI=1S/C14H20N2OS/c1-3-4-8-17-9-7-16-13-10-11(2)5-6-12(13)15-14(16)18/h5-6,10H,3-4,7-9H2,1-2H3,(H,15,18). The molecule has 0 aliphatic rings. The van der Waals surface area contributed by atoms with Crippen molar-refractivity contribution in [3.63, 3.8) is 0 Å². The van der Waals surface area contributed by atoms with Crippen LogP contribution in [0.1, 0.15) is 25.3 Å². The highest BCUT2D eigenvalue weighted by atomic mass is 32.1. The first kappa shape index (κ1) is 13.3. The van der Waals surface area contributed by atoms with E-state index in [-0.39, 0.29) is 0 Å². The third-order valence-corrected chi connectivity index (χ3v) is 3.35. The number of ether oxygens (including phenoxy) is 1. The van der Waals surface area contributed by atoms with Gasteiger partial charge in [0.25, 0.3) is 0 Å². The van der Waals surface area contributed by atoms with E-state index in [1.165, 1.54) is 17.5 Å². The molecule has 98 valence electrons. The van der Waals surface area contributed by atoms with Gasteiger partial charge in [-0.2, -0.15) is 0 Å². The predicted octanol–water partition coefficient (Wildman–Crippen LogP) is 3.82. The molecule has 0 atom stereocenters. The number of rotatable bonds is 6. The van der Waals surface area contributed by atoms with Crippen molar-refractivity contribution in [3.8, 4) is 0 Å². The van der Waals surface area contributed by atoms with Crippen molar-refractivity contribution < 1.29 is 4.74 Å². The molecule has 1 aromatic carbocycles. The number of hydrogen-bond acceptors (Lipinski definition) is 2. The summed E-state index contributed by atoms with van der Waals surface area (Å²) >= 11 is 5.35. The Balaban J connectivity index is 2.10. The van der Waals surface area contributed by atoms with Gasteiger partial charge in [0.1, 0.15) is 0 Å². The number of nitrogens with one attached hydrogen (secondary N) is 1. The van der Waals surface area contributed by atoms with Crippen LogP contribution in [0.2, 0.25) is 0 Å². The second kappa shape index (κ2) is 6.16. The SMILES string of the molecule is CCCCOCCn1c(=S)[nH]c2ccc(C)cc21. The molecular formula is C14H20N2OS. The Hall–Kier alpha value is -1.13. The Labute approximate surface area is 113 Å². The van der Waals surface area contributed by atoms with Gasteiger partial charge < -0.3 is 14.3 Å². The highest BCUT2D eigenvalue weighted by Crippen LogP contribution is 2.15. The first-order valence-corrected chi connectivity index (χ1v) is 6.90. The van der Waals surface area contributed by atoms with E-state index in [2.05, 4.69) is 41.6 Å². The van der Waals surface area contributed by atoms with Crippen LogP contribution >= 0.6 is 12.2 Å². The highest BCUT2D eigenvalue weighted by molar-refractivity contribution is 7.71. The molecular weight excluding hydrogens is 244 g/mol. The number of H-pyrrole nitrogens is 1. The topological polar surface area (TPSA) is 29.9 Å². The van der Waals surface area contributed by atoms with E-state index in [9.17, 15) is 0 Å². The molecule has 2 aromatic rings. The lowest BCUT2D eigenvalue weighted by atomic mass is 10.2. The summed E-state index contributed by atoms with van der Waals surface area (Å²) in [5, 5.41) is 0. The lowest BCUT2D eigenvalue weighted by Crippen LogP contribution is -2.06. The third kappa shape index (κ3) is 3.00. The number of aryl methyl sites for hydroxylation is 1. The molecule has 0 saturated heterocycles. The van der Waals surface area contributed by atoms with Crippen LogP contribution in [-0.4, -0.2) is 22.8 Å². The van der Waals surface area contributed by atoms with Crippen LogP contribution in [0.5, 0.6) is 0 Å². The summed E-state index contributed by atoms with van der Waals surface area (Å²) in [6, 6.07) is 6.33.